The largest absolute Gasteiger partial charge is 0.467 e. The maximum Gasteiger partial charge on any atom is 0.328 e. The fraction of sp³-hybridized carbons (Fsp3) is 0.435. The van der Waals surface area contributed by atoms with Crippen molar-refractivity contribution in [1.29, 1.82) is 0 Å². The highest BCUT2D eigenvalue weighted by molar-refractivity contribution is 5.84. The Bertz CT molecular complexity index is 1010. The first kappa shape index (κ1) is 24.0. The highest BCUT2D eigenvalue weighted by Gasteiger charge is 2.31. The number of anilines is 2. The normalized spacial score (nSPS) is 14.8. The summed E-state index contributed by atoms with van der Waals surface area (Å²) in [6, 6.07) is 10.7. The Hall–Kier alpha value is -3.69. The van der Waals surface area contributed by atoms with Gasteiger partial charge in [-0.05, 0) is 24.5 Å². The van der Waals surface area contributed by atoms with Crippen LogP contribution in [0.3, 0.4) is 0 Å². The molecule has 1 fully saturated rings. The number of benzene rings is 2. The zero-order valence-corrected chi connectivity index (χ0v) is 18.7. The van der Waals surface area contributed by atoms with E-state index >= 15 is 0 Å². The second-order valence-electron chi connectivity index (χ2n) is 8.18. The van der Waals surface area contributed by atoms with E-state index in [4.69, 9.17) is 4.74 Å². The van der Waals surface area contributed by atoms with Gasteiger partial charge in [-0.3, -0.25) is 20.2 Å². The van der Waals surface area contributed by atoms with Crippen LogP contribution in [0.4, 0.5) is 22.7 Å². The molecular formula is C23H28N4O6. The van der Waals surface area contributed by atoms with Gasteiger partial charge in [0.15, 0.2) is 0 Å². The van der Waals surface area contributed by atoms with Crippen LogP contribution in [0.1, 0.15) is 37.7 Å². The third kappa shape index (κ3) is 5.76. The average Bonchev–Trinajstić information content (AvgIpc) is 2.83. The molecule has 1 aliphatic carbocycles. The van der Waals surface area contributed by atoms with E-state index in [9.17, 15) is 25.0 Å². The minimum atomic E-state index is -0.912. The summed E-state index contributed by atoms with van der Waals surface area (Å²) in [6.07, 6.45) is 5.21. The predicted octanol–water partition coefficient (Wildman–Crippen LogP) is 4.47. The van der Waals surface area contributed by atoms with Crippen LogP contribution in [0, 0.1) is 20.2 Å². The van der Waals surface area contributed by atoms with Crippen molar-refractivity contribution < 1.29 is 19.4 Å². The van der Waals surface area contributed by atoms with Gasteiger partial charge in [0, 0.05) is 19.5 Å². The van der Waals surface area contributed by atoms with Crippen LogP contribution < -0.4 is 10.2 Å². The molecular weight excluding hydrogens is 428 g/mol. The molecule has 2 aromatic rings. The summed E-state index contributed by atoms with van der Waals surface area (Å²) in [5.41, 5.74) is 0.352. The van der Waals surface area contributed by atoms with Gasteiger partial charge in [-0.25, -0.2) is 4.79 Å². The van der Waals surface area contributed by atoms with E-state index in [1.165, 1.54) is 13.2 Å². The molecule has 1 atom stereocenters. The summed E-state index contributed by atoms with van der Waals surface area (Å²) in [6.45, 7) is 0. The van der Waals surface area contributed by atoms with Gasteiger partial charge in [-0.15, -0.1) is 0 Å². The lowest BCUT2D eigenvalue weighted by Gasteiger charge is -2.32. The molecule has 1 N–H and O–H groups in total. The van der Waals surface area contributed by atoms with Gasteiger partial charge >= 0.3 is 5.97 Å². The molecule has 0 amide bonds. The molecule has 10 nitrogen and oxygen atoms in total. The minimum absolute atomic E-state index is 0.0367. The highest BCUT2D eigenvalue weighted by Crippen LogP contribution is 2.40. The molecule has 176 valence electrons. The van der Waals surface area contributed by atoms with E-state index in [-0.39, 0.29) is 29.5 Å². The minimum Gasteiger partial charge on any atom is -0.467 e. The van der Waals surface area contributed by atoms with Crippen LogP contribution in [0.2, 0.25) is 0 Å². The standard InChI is InChI=1S/C23H28N4O6/c1-25(17-11-7-4-8-12-17)21-14-18(20(26(29)30)15-22(21)27(31)32)24-19(23(28)33-2)13-16-9-5-3-6-10-16/h3,5-6,9-10,14-15,17,19,24H,4,7-8,11-13H2,1-2H3. The number of methoxy groups -OCH3 is 1. The average molecular weight is 456 g/mol. The maximum absolute atomic E-state index is 12.5. The zero-order valence-electron chi connectivity index (χ0n) is 18.7. The van der Waals surface area contributed by atoms with Crippen molar-refractivity contribution in [2.45, 2.75) is 50.6 Å². The summed E-state index contributed by atoms with van der Waals surface area (Å²) in [5, 5.41) is 26.5. The maximum atomic E-state index is 12.5. The van der Waals surface area contributed by atoms with Gasteiger partial charge in [0.05, 0.1) is 23.0 Å². The first-order chi connectivity index (χ1) is 15.8. The van der Waals surface area contributed by atoms with Crippen LogP contribution in [-0.4, -0.2) is 42.1 Å². The zero-order chi connectivity index (χ0) is 24.0. The van der Waals surface area contributed by atoms with Gasteiger partial charge in [-0.1, -0.05) is 49.6 Å². The number of ether oxygens (including phenoxy) is 1. The SMILES string of the molecule is COC(=O)C(Cc1ccccc1)Nc1cc(N(C)C2CCCCC2)c([N+](=O)[O-])cc1[N+](=O)[O-]. The number of nitro groups is 2. The summed E-state index contributed by atoms with van der Waals surface area (Å²) in [7, 11) is 3.02. The van der Waals surface area contributed by atoms with Gasteiger partial charge in [-0.2, -0.15) is 0 Å². The Kier molecular flexibility index (Phi) is 7.81. The van der Waals surface area contributed by atoms with E-state index in [1.807, 2.05) is 35.2 Å². The fourth-order valence-electron chi connectivity index (χ4n) is 4.30. The summed E-state index contributed by atoms with van der Waals surface area (Å²) in [5.74, 6) is -0.589. The molecule has 3 rings (SSSR count). The number of carbonyl (C=O) groups excluding carboxylic acids is 1. The molecule has 0 aromatic heterocycles. The van der Waals surface area contributed by atoms with Gasteiger partial charge in [0.2, 0.25) is 0 Å². The van der Waals surface area contributed by atoms with Crippen molar-refractivity contribution in [1.82, 2.24) is 0 Å². The Balaban J connectivity index is 2.03. The summed E-state index contributed by atoms with van der Waals surface area (Å²) in [4.78, 5) is 36.6. The van der Waals surface area contributed by atoms with Crippen molar-refractivity contribution >= 4 is 28.7 Å². The third-order valence-corrected chi connectivity index (χ3v) is 6.09. The topological polar surface area (TPSA) is 128 Å². The van der Waals surface area contributed by atoms with Crippen LogP contribution >= 0.6 is 0 Å². The summed E-state index contributed by atoms with van der Waals surface area (Å²) >= 11 is 0. The van der Waals surface area contributed by atoms with Crippen LogP contribution in [0.15, 0.2) is 42.5 Å². The molecule has 0 aliphatic heterocycles. The number of carbonyl (C=O) groups is 1. The van der Waals surface area contributed by atoms with Gasteiger partial charge in [0.1, 0.15) is 17.4 Å². The number of hydrogen-bond donors (Lipinski definition) is 1. The van der Waals surface area contributed by atoms with E-state index in [1.54, 1.807) is 7.05 Å². The van der Waals surface area contributed by atoms with Crippen LogP contribution in [-0.2, 0) is 16.0 Å². The van der Waals surface area contributed by atoms with Crippen molar-refractivity contribution in [3.8, 4) is 0 Å². The molecule has 0 saturated heterocycles. The molecule has 0 bridgehead atoms. The number of esters is 1. The fourth-order valence-corrected chi connectivity index (χ4v) is 4.30. The van der Waals surface area contributed by atoms with Gasteiger partial charge < -0.3 is 15.0 Å². The Morgan fingerprint density at radius 2 is 1.73 bits per heavy atom. The molecule has 33 heavy (non-hydrogen) atoms. The van der Waals surface area contributed by atoms with Gasteiger partial charge in [0.25, 0.3) is 11.4 Å². The van der Waals surface area contributed by atoms with Crippen molar-refractivity contribution in [3.05, 3.63) is 68.3 Å². The number of rotatable bonds is 9. The van der Waals surface area contributed by atoms with E-state index in [0.29, 0.717) is 0 Å². The monoisotopic (exact) mass is 456 g/mol. The number of hydrogen-bond acceptors (Lipinski definition) is 8. The molecule has 1 aliphatic rings. The molecule has 1 unspecified atom stereocenters. The second kappa shape index (κ2) is 10.8. The van der Waals surface area contributed by atoms with Crippen LogP contribution in [0.25, 0.3) is 0 Å². The van der Waals surface area contributed by atoms with E-state index < -0.39 is 27.5 Å². The second-order valence-corrected chi connectivity index (χ2v) is 8.18. The van der Waals surface area contributed by atoms with E-state index in [2.05, 4.69) is 5.32 Å². The third-order valence-electron chi connectivity index (χ3n) is 6.09. The molecule has 0 heterocycles. The number of nitrogens with zero attached hydrogens (tertiary/aromatic N) is 3. The first-order valence-corrected chi connectivity index (χ1v) is 10.9. The number of nitrogens with one attached hydrogen (secondary N) is 1. The Labute approximate surface area is 191 Å². The lowest BCUT2D eigenvalue weighted by atomic mass is 9.94. The molecule has 1 saturated carbocycles. The lowest BCUT2D eigenvalue weighted by molar-refractivity contribution is -0.393. The molecule has 10 heteroatoms. The lowest BCUT2D eigenvalue weighted by Crippen LogP contribution is -2.35. The van der Waals surface area contributed by atoms with Crippen molar-refractivity contribution in [2.75, 3.05) is 24.4 Å². The molecule has 2 aromatic carbocycles. The Morgan fingerprint density at radius 1 is 1.09 bits per heavy atom. The van der Waals surface area contributed by atoms with Crippen molar-refractivity contribution in [2.24, 2.45) is 0 Å². The molecule has 0 spiro atoms. The quantitative estimate of drug-likeness (QED) is 0.333. The smallest absolute Gasteiger partial charge is 0.328 e. The van der Waals surface area contributed by atoms with Crippen LogP contribution in [0.5, 0.6) is 0 Å². The first-order valence-electron chi connectivity index (χ1n) is 10.9. The number of nitro benzene ring substituents is 2. The van der Waals surface area contributed by atoms with Crippen molar-refractivity contribution in [3.63, 3.8) is 0 Å². The molecule has 0 radical (unpaired) electrons. The Morgan fingerprint density at radius 3 is 2.30 bits per heavy atom. The predicted molar refractivity (Wildman–Crippen MR) is 125 cm³/mol. The van der Waals surface area contributed by atoms with E-state index in [0.717, 1.165) is 43.7 Å². The summed E-state index contributed by atoms with van der Waals surface area (Å²) < 4.78 is 4.90. The highest BCUT2D eigenvalue weighted by atomic mass is 16.6.